The van der Waals surface area contributed by atoms with Gasteiger partial charge in [0.2, 0.25) is 0 Å². The Bertz CT molecular complexity index is 390. The summed E-state index contributed by atoms with van der Waals surface area (Å²) in [5.41, 5.74) is 1.90. The molecule has 4 heteroatoms. The van der Waals surface area contributed by atoms with Gasteiger partial charge in [-0.25, -0.2) is 4.79 Å². The molecule has 0 aromatic heterocycles. The van der Waals surface area contributed by atoms with E-state index in [1.807, 2.05) is 26.8 Å². The van der Waals surface area contributed by atoms with Crippen LogP contribution in [-0.4, -0.2) is 30.3 Å². The quantitative estimate of drug-likeness (QED) is 0.798. The monoisotopic (exact) mass is 237 g/mol. The number of benzene rings is 1. The standard InChI is InChI=1S/C13H19NO3/c1-4-17-10(3)8-14-12-9(2)6-5-7-11(12)13(15)16/h5-7,10,14H,4,8H2,1-3H3,(H,15,16). The van der Waals surface area contributed by atoms with Crippen molar-refractivity contribution in [1.82, 2.24) is 0 Å². The highest BCUT2D eigenvalue weighted by Crippen LogP contribution is 2.20. The molecule has 0 bridgehead atoms. The summed E-state index contributed by atoms with van der Waals surface area (Å²) >= 11 is 0. The van der Waals surface area contributed by atoms with Crippen molar-refractivity contribution in [2.24, 2.45) is 0 Å². The fourth-order valence-electron chi connectivity index (χ4n) is 1.67. The summed E-state index contributed by atoms with van der Waals surface area (Å²) < 4.78 is 5.39. The second-order valence-corrected chi connectivity index (χ2v) is 3.95. The lowest BCUT2D eigenvalue weighted by molar-refractivity contribution is 0.0696. The lowest BCUT2D eigenvalue weighted by Crippen LogP contribution is -2.21. The van der Waals surface area contributed by atoms with Crippen LogP contribution >= 0.6 is 0 Å². The van der Waals surface area contributed by atoms with Crippen LogP contribution in [0.25, 0.3) is 0 Å². The van der Waals surface area contributed by atoms with Crippen LogP contribution in [0.1, 0.15) is 29.8 Å². The average Bonchev–Trinajstić information content (AvgIpc) is 2.27. The molecule has 0 heterocycles. The molecule has 0 saturated carbocycles. The summed E-state index contributed by atoms with van der Waals surface area (Å²) in [6, 6.07) is 5.24. The van der Waals surface area contributed by atoms with E-state index < -0.39 is 5.97 Å². The Kier molecular flexibility index (Phi) is 4.97. The maximum Gasteiger partial charge on any atom is 0.337 e. The van der Waals surface area contributed by atoms with E-state index in [1.54, 1.807) is 12.1 Å². The highest BCUT2D eigenvalue weighted by Gasteiger charge is 2.12. The number of nitrogens with one attached hydrogen (secondary N) is 1. The highest BCUT2D eigenvalue weighted by molar-refractivity contribution is 5.95. The van der Waals surface area contributed by atoms with Gasteiger partial charge in [0.15, 0.2) is 0 Å². The Labute approximate surface area is 102 Å². The maximum atomic E-state index is 11.1. The van der Waals surface area contributed by atoms with Gasteiger partial charge in [-0.05, 0) is 32.4 Å². The lowest BCUT2D eigenvalue weighted by atomic mass is 10.1. The molecule has 1 rings (SSSR count). The minimum absolute atomic E-state index is 0.0567. The number of carbonyl (C=O) groups is 1. The van der Waals surface area contributed by atoms with Crippen molar-refractivity contribution < 1.29 is 14.6 Å². The van der Waals surface area contributed by atoms with E-state index in [0.717, 1.165) is 5.56 Å². The SMILES string of the molecule is CCOC(C)CNc1c(C)cccc1C(=O)O. The van der Waals surface area contributed by atoms with E-state index in [-0.39, 0.29) is 6.10 Å². The number of hydrogen-bond acceptors (Lipinski definition) is 3. The van der Waals surface area contributed by atoms with Crippen LogP contribution in [0.3, 0.4) is 0 Å². The van der Waals surface area contributed by atoms with E-state index in [2.05, 4.69) is 5.32 Å². The molecule has 0 aliphatic heterocycles. The van der Waals surface area contributed by atoms with E-state index in [4.69, 9.17) is 9.84 Å². The largest absolute Gasteiger partial charge is 0.478 e. The fourth-order valence-corrected chi connectivity index (χ4v) is 1.67. The van der Waals surface area contributed by atoms with Gasteiger partial charge < -0.3 is 15.2 Å². The van der Waals surface area contributed by atoms with Gasteiger partial charge in [-0.3, -0.25) is 0 Å². The van der Waals surface area contributed by atoms with Crippen LogP contribution < -0.4 is 5.32 Å². The molecule has 2 N–H and O–H groups in total. The molecular weight excluding hydrogens is 218 g/mol. The van der Waals surface area contributed by atoms with Gasteiger partial charge >= 0.3 is 5.97 Å². The molecule has 0 spiro atoms. The molecule has 94 valence electrons. The number of anilines is 1. The van der Waals surface area contributed by atoms with Gasteiger partial charge in [0.05, 0.1) is 17.4 Å². The third-order valence-electron chi connectivity index (χ3n) is 2.52. The Morgan fingerprint density at radius 3 is 2.82 bits per heavy atom. The van der Waals surface area contributed by atoms with Crippen LogP contribution in [0, 0.1) is 6.92 Å². The van der Waals surface area contributed by atoms with Gasteiger partial charge in [-0.1, -0.05) is 12.1 Å². The zero-order chi connectivity index (χ0) is 12.8. The first-order valence-electron chi connectivity index (χ1n) is 5.74. The van der Waals surface area contributed by atoms with Gasteiger partial charge in [0.25, 0.3) is 0 Å². The molecule has 0 radical (unpaired) electrons. The molecule has 0 amide bonds. The topological polar surface area (TPSA) is 58.6 Å². The Balaban J connectivity index is 2.79. The lowest BCUT2D eigenvalue weighted by Gasteiger charge is -2.16. The summed E-state index contributed by atoms with van der Waals surface area (Å²) in [6.07, 6.45) is 0.0567. The number of aromatic carboxylic acids is 1. The number of para-hydroxylation sites is 1. The zero-order valence-electron chi connectivity index (χ0n) is 10.5. The molecule has 1 aromatic rings. The van der Waals surface area contributed by atoms with Gasteiger partial charge in [-0.15, -0.1) is 0 Å². The van der Waals surface area contributed by atoms with Crippen molar-refractivity contribution in [3.63, 3.8) is 0 Å². The first-order chi connectivity index (χ1) is 8.06. The van der Waals surface area contributed by atoms with Crippen LogP contribution in [0.15, 0.2) is 18.2 Å². The first-order valence-corrected chi connectivity index (χ1v) is 5.74. The molecule has 1 atom stereocenters. The summed E-state index contributed by atoms with van der Waals surface area (Å²) in [4.78, 5) is 11.1. The second kappa shape index (κ2) is 6.25. The summed E-state index contributed by atoms with van der Waals surface area (Å²) in [5.74, 6) is -0.916. The average molecular weight is 237 g/mol. The Hall–Kier alpha value is -1.55. The highest BCUT2D eigenvalue weighted by atomic mass is 16.5. The molecule has 1 aromatic carbocycles. The third-order valence-corrected chi connectivity index (χ3v) is 2.52. The van der Waals surface area contributed by atoms with Crippen molar-refractivity contribution in [3.8, 4) is 0 Å². The van der Waals surface area contributed by atoms with Crippen LogP contribution in [-0.2, 0) is 4.74 Å². The molecule has 1 unspecified atom stereocenters. The minimum Gasteiger partial charge on any atom is -0.478 e. The van der Waals surface area contributed by atoms with E-state index in [9.17, 15) is 4.79 Å². The molecule has 17 heavy (non-hydrogen) atoms. The molecular formula is C13H19NO3. The smallest absolute Gasteiger partial charge is 0.337 e. The molecule has 0 aliphatic carbocycles. The van der Waals surface area contributed by atoms with Crippen molar-refractivity contribution in [3.05, 3.63) is 29.3 Å². The van der Waals surface area contributed by atoms with E-state index in [1.165, 1.54) is 0 Å². The number of carboxylic acids is 1. The summed E-state index contributed by atoms with van der Waals surface area (Å²) in [5, 5.41) is 12.2. The van der Waals surface area contributed by atoms with Crippen molar-refractivity contribution in [2.45, 2.75) is 26.9 Å². The predicted molar refractivity (Wildman–Crippen MR) is 67.7 cm³/mol. The fraction of sp³-hybridized carbons (Fsp3) is 0.462. The second-order valence-electron chi connectivity index (χ2n) is 3.95. The van der Waals surface area contributed by atoms with Crippen LogP contribution in [0.4, 0.5) is 5.69 Å². The van der Waals surface area contributed by atoms with Crippen LogP contribution in [0.5, 0.6) is 0 Å². The van der Waals surface area contributed by atoms with E-state index in [0.29, 0.717) is 24.4 Å². The van der Waals surface area contributed by atoms with Gasteiger partial charge in [-0.2, -0.15) is 0 Å². The number of ether oxygens (including phenoxy) is 1. The number of hydrogen-bond donors (Lipinski definition) is 2. The Morgan fingerprint density at radius 2 is 2.24 bits per heavy atom. The van der Waals surface area contributed by atoms with Crippen molar-refractivity contribution in [1.29, 1.82) is 0 Å². The van der Waals surface area contributed by atoms with Crippen LogP contribution in [0.2, 0.25) is 0 Å². The third kappa shape index (κ3) is 3.75. The predicted octanol–water partition coefficient (Wildman–Crippen LogP) is 2.53. The molecule has 0 saturated heterocycles. The first kappa shape index (κ1) is 13.5. The van der Waals surface area contributed by atoms with Crippen molar-refractivity contribution in [2.75, 3.05) is 18.5 Å². The number of rotatable bonds is 6. The minimum atomic E-state index is -0.916. The van der Waals surface area contributed by atoms with Gasteiger partial charge in [0.1, 0.15) is 0 Å². The van der Waals surface area contributed by atoms with Gasteiger partial charge in [0, 0.05) is 13.2 Å². The molecule has 0 fully saturated rings. The van der Waals surface area contributed by atoms with E-state index >= 15 is 0 Å². The maximum absolute atomic E-state index is 11.1. The summed E-state index contributed by atoms with van der Waals surface area (Å²) in [6.45, 7) is 7.03. The number of carboxylic acid groups (broad SMARTS) is 1. The normalized spacial score (nSPS) is 12.2. The Morgan fingerprint density at radius 1 is 1.53 bits per heavy atom. The zero-order valence-corrected chi connectivity index (χ0v) is 10.5. The molecule has 0 aliphatic rings. The number of aryl methyl sites for hydroxylation is 1. The van der Waals surface area contributed by atoms with Crippen molar-refractivity contribution >= 4 is 11.7 Å². The summed E-state index contributed by atoms with van der Waals surface area (Å²) in [7, 11) is 0. The molecule has 4 nitrogen and oxygen atoms in total.